The monoisotopic (exact) mass is 251 g/mol. The number of halogens is 1. The van der Waals surface area contributed by atoms with Crippen LogP contribution in [0.25, 0.3) is 5.65 Å². The van der Waals surface area contributed by atoms with Gasteiger partial charge in [-0.25, -0.2) is 9.97 Å². The molecule has 0 spiro atoms. The Kier molecular flexibility index (Phi) is 1.68. The van der Waals surface area contributed by atoms with Crippen molar-refractivity contribution < 1.29 is 0 Å². The van der Waals surface area contributed by atoms with Crippen LogP contribution in [0.2, 0.25) is 0 Å². The van der Waals surface area contributed by atoms with Crippen LogP contribution in [0, 0.1) is 6.92 Å². The molecule has 72 valence electrons. The summed E-state index contributed by atoms with van der Waals surface area (Å²) >= 11 is 3.43. The summed E-state index contributed by atoms with van der Waals surface area (Å²) < 4.78 is 2.95. The minimum absolute atomic E-state index is 0.636. The van der Waals surface area contributed by atoms with Gasteiger partial charge in [-0.05, 0) is 35.7 Å². The predicted octanol–water partition coefficient (Wildman–Crippen LogP) is 2.68. The Morgan fingerprint density at radius 1 is 1.36 bits per heavy atom. The predicted molar refractivity (Wildman–Crippen MR) is 57.4 cm³/mol. The number of hydrogen-bond donors (Lipinski definition) is 0. The molecule has 2 aromatic heterocycles. The Balaban J connectivity index is 2.33. The molecular weight excluding hydrogens is 242 g/mol. The van der Waals surface area contributed by atoms with Crippen molar-refractivity contribution in [2.24, 2.45) is 0 Å². The molecule has 0 aromatic carbocycles. The molecular formula is C10H10BrN3. The Bertz CT molecular complexity index is 499. The van der Waals surface area contributed by atoms with Gasteiger partial charge in [0.1, 0.15) is 4.60 Å². The van der Waals surface area contributed by atoms with Crippen molar-refractivity contribution in [2.75, 3.05) is 0 Å². The van der Waals surface area contributed by atoms with Gasteiger partial charge >= 0.3 is 0 Å². The van der Waals surface area contributed by atoms with Crippen LogP contribution in [-0.4, -0.2) is 14.4 Å². The fourth-order valence-electron chi connectivity index (χ4n) is 1.74. The number of nitrogens with zero attached hydrogens (tertiary/aromatic N) is 3. The third kappa shape index (κ3) is 1.25. The van der Waals surface area contributed by atoms with Crippen LogP contribution in [0.15, 0.2) is 17.0 Å². The minimum atomic E-state index is 0.636. The van der Waals surface area contributed by atoms with Gasteiger partial charge in [0.2, 0.25) is 0 Å². The summed E-state index contributed by atoms with van der Waals surface area (Å²) in [5.41, 5.74) is 3.22. The zero-order chi connectivity index (χ0) is 9.71. The van der Waals surface area contributed by atoms with Crippen molar-refractivity contribution in [1.29, 1.82) is 0 Å². The number of hydrogen-bond acceptors (Lipinski definition) is 2. The van der Waals surface area contributed by atoms with Crippen LogP contribution in [0.1, 0.15) is 30.1 Å². The van der Waals surface area contributed by atoms with Crippen molar-refractivity contribution >= 4 is 21.6 Å². The maximum absolute atomic E-state index is 4.51. The third-order valence-electron chi connectivity index (χ3n) is 2.52. The van der Waals surface area contributed by atoms with E-state index in [1.165, 1.54) is 12.8 Å². The lowest BCUT2D eigenvalue weighted by Gasteiger charge is -2.01. The Hall–Kier alpha value is -0.900. The Morgan fingerprint density at radius 3 is 2.86 bits per heavy atom. The second kappa shape index (κ2) is 2.79. The molecule has 4 heteroatoms. The molecule has 0 unspecified atom stereocenters. The van der Waals surface area contributed by atoms with E-state index < -0.39 is 0 Å². The molecule has 0 aliphatic heterocycles. The number of imidazole rings is 1. The van der Waals surface area contributed by atoms with Gasteiger partial charge in [0.15, 0.2) is 5.65 Å². The van der Waals surface area contributed by atoms with Gasteiger partial charge < -0.3 is 4.40 Å². The lowest BCUT2D eigenvalue weighted by Crippen LogP contribution is -1.95. The maximum atomic E-state index is 4.51. The molecule has 1 fully saturated rings. The van der Waals surface area contributed by atoms with Crippen LogP contribution in [0.5, 0.6) is 0 Å². The summed E-state index contributed by atoms with van der Waals surface area (Å²) in [6.45, 7) is 2.01. The highest BCUT2D eigenvalue weighted by atomic mass is 79.9. The molecule has 1 saturated carbocycles. The highest BCUT2D eigenvalue weighted by Gasteiger charge is 2.28. The van der Waals surface area contributed by atoms with E-state index in [1.54, 1.807) is 0 Å². The highest BCUT2D eigenvalue weighted by Crippen LogP contribution is 2.40. The molecule has 0 atom stereocenters. The fraction of sp³-hybridized carbons (Fsp3) is 0.400. The maximum Gasteiger partial charge on any atom is 0.159 e. The van der Waals surface area contributed by atoms with E-state index in [-0.39, 0.29) is 0 Å². The van der Waals surface area contributed by atoms with Gasteiger partial charge in [0, 0.05) is 18.3 Å². The summed E-state index contributed by atoms with van der Waals surface area (Å²) in [5, 5.41) is 0. The van der Waals surface area contributed by atoms with Gasteiger partial charge in [-0.3, -0.25) is 0 Å². The van der Waals surface area contributed by atoms with Gasteiger partial charge in [-0.15, -0.1) is 0 Å². The molecule has 1 aliphatic rings. The zero-order valence-electron chi connectivity index (χ0n) is 7.87. The van der Waals surface area contributed by atoms with E-state index in [2.05, 4.69) is 30.3 Å². The van der Waals surface area contributed by atoms with Crippen molar-refractivity contribution in [3.8, 4) is 0 Å². The summed E-state index contributed by atoms with van der Waals surface area (Å²) in [6.07, 6.45) is 6.50. The van der Waals surface area contributed by atoms with Crippen LogP contribution in [-0.2, 0) is 0 Å². The zero-order valence-corrected chi connectivity index (χ0v) is 9.45. The second-order valence-electron chi connectivity index (χ2n) is 3.84. The lowest BCUT2D eigenvalue weighted by molar-refractivity contribution is 0.967. The summed E-state index contributed by atoms with van der Waals surface area (Å²) in [5.74, 6) is 0.636. The van der Waals surface area contributed by atoms with Crippen LogP contribution >= 0.6 is 15.9 Å². The molecule has 2 aromatic rings. The fourth-order valence-corrected chi connectivity index (χ4v) is 2.15. The molecule has 1 aliphatic carbocycles. The number of aromatic nitrogens is 3. The summed E-state index contributed by atoms with van der Waals surface area (Å²) in [4.78, 5) is 9.01. The topological polar surface area (TPSA) is 30.2 Å². The van der Waals surface area contributed by atoms with Gasteiger partial charge in [-0.2, -0.15) is 0 Å². The average molecular weight is 252 g/mol. The lowest BCUT2D eigenvalue weighted by atomic mass is 10.3. The van der Waals surface area contributed by atoms with Crippen molar-refractivity contribution in [3.05, 3.63) is 28.4 Å². The van der Waals surface area contributed by atoms with Gasteiger partial charge in [0.05, 0.1) is 11.4 Å². The van der Waals surface area contributed by atoms with E-state index >= 15 is 0 Å². The van der Waals surface area contributed by atoms with E-state index in [1.807, 2.05) is 19.3 Å². The first kappa shape index (κ1) is 8.41. The molecule has 0 amide bonds. The molecule has 2 heterocycles. The standard InChI is InChI=1S/C10H10BrN3/c1-6-4-14-5-8(11)13-9(7-2-3-7)10(14)12-6/h4-5,7H,2-3H2,1H3. The average Bonchev–Trinajstić information content (AvgIpc) is 2.87. The highest BCUT2D eigenvalue weighted by molar-refractivity contribution is 9.10. The van der Waals surface area contributed by atoms with E-state index in [0.29, 0.717) is 5.92 Å². The largest absolute Gasteiger partial charge is 0.303 e. The third-order valence-corrected chi connectivity index (χ3v) is 2.90. The minimum Gasteiger partial charge on any atom is -0.303 e. The van der Waals surface area contributed by atoms with Crippen molar-refractivity contribution in [2.45, 2.75) is 25.7 Å². The second-order valence-corrected chi connectivity index (χ2v) is 4.65. The van der Waals surface area contributed by atoms with Crippen LogP contribution < -0.4 is 0 Å². The SMILES string of the molecule is Cc1cn2cc(Br)nc(C3CC3)c2n1. The van der Waals surface area contributed by atoms with Crippen molar-refractivity contribution in [1.82, 2.24) is 14.4 Å². The number of fused-ring (bicyclic) bond motifs is 1. The first-order valence-electron chi connectivity index (χ1n) is 4.76. The summed E-state index contributed by atoms with van der Waals surface area (Å²) in [6, 6.07) is 0. The first-order valence-corrected chi connectivity index (χ1v) is 5.55. The number of rotatable bonds is 1. The van der Waals surface area contributed by atoms with E-state index in [0.717, 1.165) is 21.6 Å². The molecule has 0 radical (unpaired) electrons. The van der Waals surface area contributed by atoms with E-state index in [9.17, 15) is 0 Å². The molecule has 3 nitrogen and oxygen atoms in total. The number of aryl methyl sites for hydroxylation is 1. The molecule has 0 bridgehead atoms. The van der Waals surface area contributed by atoms with Crippen LogP contribution in [0.4, 0.5) is 0 Å². The Morgan fingerprint density at radius 2 is 2.14 bits per heavy atom. The van der Waals surface area contributed by atoms with Crippen molar-refractivity contribution in [3.63, 3.8) is 0 Å². The van der Waals surface area contributed by atoms with E-state index in [4.69, 9.17) is 0 Å². The molecule has 0 saturated heterocycles. The normalized spacial score (nSPS) is 16.4. The smallest absolute Gasteiger partial charge is 0.159 e. The Labute approximate surface area is 90.3 Å². The van der Waals surface area contributed by atoms with Gasteiger partial charge in [-0.1, -0.05) is 0 Å². The molecule has 3 rings (SSSR count). The van der Waals surface area contributed by atoms with Crippen LogP contribution in [0.3, 0.4) is 0 Å². The summed E-state index contributed by atoms with van der Waals surface area (Å²) in [7, 11) is 0. The molecule has 0 N–H and O–H groups in total. The first-order chi connectivity index (χ1) is 6.74. The molecule has 14 heavy (non-hydrogen) atoms. The quantitative estimate of drug-likeness (QED) is 0.781. The van der Waals surface area contributed by atoms with Gasteiger partial charge in [0.25, 0.3) is 0 Å².